The summed E-state index contributed by atoms with van der Waals surface area (Å²) < 4.78 is 1.87. The molecule has 3 N–H and O–H groups in total. The molecule has 1 aliphatic rings. The van der Waals surface area contributed by atoms with Crippen molar-refractivity contribution < 1.29 is 5.11 Å². The fraction of sp³-hybridized carbons (Fsp3) is 0.400. The molecule has 1 aliphatic carbocycles. The standard InChI is InChI=1S/C15H19N3O/c1-18-10-17-8-13(18)14(19)15(9-16)6-11-4-2-3-5-12(11)7-15/h2-5,8,10,14,19H,6-7,9,16H2,1H3. The summed E-state index contributed by atoms with van der Waals surface area (Å²) in [4.78, 5) is 4.09. The zero-order chi connectivity index (χ0) is 13.5. The highest BCUT2D eigenvalue weighted by molar-refractivity contribution is 5.36. The molecule has 100 valence electrons. The van der Waals surface area contributed by atoms with Crippen molar-refractivity contribution in [1.82, 2.24) is 9.55 Å². The van der Waals surface area contributed by atoms with Crippen molar-refractivity contribution in [2.45, 2.75) is 18.9 Å². The van der Waals surface area contributed by atoms with E-state index in [1.165, 1.54) is 11.1 Å². The van der Waals surface area contributed by atoms with Crippen molar-refractivity contribution in [3.05, 3.63) is 53.6 Å². The van der Waals surface area contributed by atoms with Crippen LogP contribution in [0, 0.1) is 5.41 Å². The maximum atomic E-state index is 10.8. The number of aliphatic hydroxyl groups is 1. The van der Waals surface area contributed by atoms with E-state index in [0.717, 1.165) is 18.5 Å². The second kappa shape index (κ2) is 4.47. The molecular formula is C15H19N3O. The lowest BCUT2D eigenvalue weighted by molar-refractivity contribution is 0.0302. The number of imidazole rings is 1. The number of hydrogen-bond acceptors (Lipinski definition) is 3. The van der Waals surface area contributed by atoms with E-state index in [0.29, 0.717) is 6.54 Å². The van der Waals surface area contributed by atoms with Gasteiger partial charge in [0.05, 0.1) is 18.2 Å². The highest BCUT2D eigenvalue weighted by Gasteiger charge is 2.43. The third kappa shape index (κ3) is 1.88. The lowest BCUT2D eigenvalue weighted by atomic mass is 9.78. The Morgan fingerprint density at radius 1 is 1.37 bits per heavy atom. The molecule has 0 radical (unpaired) electrons. The molecule has 0 saturated heterocycles. The molecule has 1 heterocycles. The van der Waals surface area contributed by atoms with Gasteiger partial charge in [-0.3, -0.25) is 0 Å². The number of benzene rings is 1. The molecule has 0 aliphatic heterocycles. The molecule has 1 atom stereocenters. The second-order valence-corrected chi connectivity index (χ2v) is 5.52. The Hall–Kier alpha value is -1.65. The van der Waals surface area contributed by atoms with E-state index in [2.05, 4.69) is 17.1 Å². The fourth-order valence-corrected chi connectivity index (χ4v) is 3.12. The quantitative estimate of drug-likeness (QED) is 0.868. The lowest BCUT2D eigenvalue weighted by Gasteiger charge is -2.33. The van der Waals surface area contributed by atoms with Gasteiger partial charge in [0.15, 0.2) is 0 Å². The van der Waals surface area contributed by atoms with Crippen molar-refractivity contribution in [1.29, 1.82) is 0 Å². The number of hydrogen-bond donors (Lipinski definition) is 2. The molecule has 3 rings (SSSR count). The summed E-state index contributed by atoms with van der Waals surface area (Å²) in [6, 6.07) is 8.34. The van der Waals surface area contributed by atoms with Crippen molar-refractivity contribution >= 4 is 0 Å². The zero-order valence-corrected chi connectivity index (χ0v) is 11.1. The Labute approximate surface area is 112 Å². The van der Waals surface area contributed by atoms with Crippen LogP contribution in [-0.2, 0) is 19.9 Å². The van der Waals surface area contributed by atoms with Crippen molar-refractivity contribution in [3.8, 4) is 0 Å². The number of aryl methyl sites for hydroxylation is 1. The highest BCUT2D eigenvalue weighted by Crippen LogP contribution is 2.44. The van der Waals surface area contributed by atoms with E-state index in [1.54, 1.807) is 12.5 Å². The van der Waals surface area contributed by atoms with Crippen LogP contribution in [0.25, 0.3) is 0 Å². The van der Waals surface area contributed by atoms with Crippen LogP contribution < -0.4 is 5.73 Å². The normalized spacial score (nSPS) is 18.3. The van der Waals surface area contributed by atoms with Gasteiger partial charge >= 0.3 is 0 Å². The monoisotopic (exact) mass is 257 g/mol. The first-order chi connectivity index (χ1) is 9.16. The molecule has 0 bridgehead atoms. The molecule has 0 fully saturated rings. The molecule has 4 heteroatoms. The first kappa shape index (κ1) is 12.4. The van der Waals surface area contributed by atoms with Crippen LogP contribution in [0.2, 0.25) is 0 Å². The maximum absolute atomic E-state index is 10.8. The number of nitrogens with zero attached hydrogens (tertiary/aromatic N) is 2. The first-order valence-corrected chi connectivity index (χ1v) is 6.57. The summed E-state index contributed by atoms with van der Waals surface area (Å²) in [6.45, 7) is 0.466. The predicted molar refractivity (Wildman–Crippen MR) is 73.5 cm³/mol. The maximum Gasteiger partial charge on any atom is 0.103 e. The molecule has 1 unspecified atom stereocenters. The average molecular weight is 257 g/mol. The molecule has 0 saturated carbocycles. The average Bonchev–Trinajstić information content (AvgIpc) is 3.01. The smallest absolute Gasteiger partial charge is 0.103 e. The van der Waals surface area contributed by atoms with Crippen LogP contribution in [0.3, 0.4) is 0 Å². The summed E-state index contributed by atoms with van der Waals surface area (Å²) in [5.41, 5.74) is 9.14. The minimum absolute atomic E-state index is 0.308. The molecule has 0 spiro atoms. The molecule has 4 nitrogen and oxygen atoms in total. The van der Waals surface area contributed by atoms with E-state index >= 15 is 0 Å². The van der Waals surface area contributed by atoms with Gasteiger partial charge in [-0.25, -0.2) is 4.98 Å². The van der Waals surface area contributed by atoms with Gasteiger partial charge in [0.1, 0.15) is 6.10 Å². The van der Waals surface area contributed by atoms with Gasteiger partial charge in [0, 0.05) is 19.0 Å². The third-order valence-electron chi connectivity index (χ3n) is 4.32. The fourth-order valence-electron chi connectivity index (χ4n) is 3.12. The number of aromatic nitrogens is 2. The van der Waals surface area contributed by atoms with E-state index in [9.17, 15) is 5.11 Å². The number of rotatable bonds is 3. The van der Waals surface area contributed by atoms with Gasteiger partial charge in [0.25, 0.3) is 0 Å². The third-order valence-corrected chi connectivity index (χ3v) is 4.32. The van der Waals surface area contributed by atoms with Crippen molar-refractivity contribution in [2.75, 3.05) is 6.54 Å². The molecule has 1 aromatic carbocycles. The molecule has 1 aromatic heterocycles. The highest BCUT2D eigenvalue weighted by atomic mass is 16.3. The van der Waals surface area contributed by atoms with Crippen molar-refractivity contribution in [3.63, 3.8) is 0 Å². The van der Waals surface area contributed by atoms with Gasteiger partial charge < -0.3 is 15.4 Å². The van der Waals surface area contributed by atoms with E-state index in [4.69, 9.17) is 5.73 Å². The molecule has 2 aromatic rings. The van der Waals surface area contributed by atoms with E-state index in [1.807, 2.05) is 23.7 Å². The summed E-state index contributed by atoms with van der Waals surface area (Å²) in [5, 5.41) is 10.8. The van der Waals surface area contributed by atoms with E-state index in [-0.39, 0.29) is 5.41 Å². The van der Waals surface area contributed by atoms with Gasteiger partial charge in [-0.05, 0) is 24.0 Å². The summed E-state index contributed by atoms with van der Waals surface area (Å²) in [5.74, 6) is 0. The summed E-state index contributed by atoms with van der Waals surface area (Å²) in [7, 11) is 1.90. The predicted octanol–water partition coefficient (Wildman–Crippen LogP) is 1.20. The number of aliphatic hydroxyl groups excluding tert-OH is 1. The Kier molecular flexibility index (Phi) is 2.92. The van der Waals surface area contributed by atoms with Crippen LogP contribution in [0.5, 0.6) is 0 Å². The zero-order valence-electron chi connectivity index (χ0n) is 11.1. The summed E-state index contributed by atoms with van der Waals surface area (Å²) in [6.07, 6.45) is 4.51. The minimum Gasteiger partial charge on any atom is -0.386 e. The van der Waals surface area contributed by atoms with Gasteiger partial charge in [-0.15, -0.1) is 0 Å². The Morgan fingerprint density at radius 3 is 2.47 bits per heavy atom. The van der Waals surface area contributed by atoms with Gasteiger partial charge in [-0.1, -0.05) is 24.3 Å². The number of fused-ring (bicyclic) bond motifs is 1. The molecular weight excluding hydrogens is 238 g/mol. The largest absolute Gasteiger partial charge is 0.386 e. The topological polar surface area (TPSA) is 64.1 Å². The SMILES string of the molecule is Cn1cncc1C(O)C1(CN)Cc2ccccc2C1. The van der Waals surface area contributed by atoms with E-state index < -0.39 is 6.10 Å². The first-order valence-electron chi connectivity index (χ1n) is 6.57. The molecule has 19 heavy (non-hydrogen) atoms. The Morgan fingerprint density at radius 2 is 2.00 bits per heavy atom. The Bertz CT molecular complexity index is 566. The van der Waals surface area contributed by atoms with Gasteiger partial charge in [-0.2, -0.15) is 0 Å². The van der Waals surface area contributed by atoms with Crippen molar-refractivity contribution in [2.24, 2.45) is 18.2 Å². The lowest BCUT2D eigenvalue weighted by Crippen LogP contribution is -2.38. The van der Waals surface area contributed by atoms with Crippen LogP contribution >= 0.6 is 0 Å². The Balaban J connectivity index is 1.97. The number of nitrogens with two attached hydrogens (primary N) is 1. The second-order valence-electron chi connectivity index (χ2n) is 5.52. The minimum atomic E-state index is -0.586. The van der Waals surface area contributed by atoms with Gasteiger partial charge in [0.2, 0.25) is 0 Å². The van der Waals surface area contributed by atoms with Crippen LogP contribution in [0.1, 0.15) is 22.9 Å². The molecule has 0 amide bonds. The van der Waals surface area contributed by atoms with Crippen LogP contribution in [0.15, 0.2) is 36.8 Å². The van der Waals surface area contributed by atoms with Crippen LogP contribution in [-0.4, -0.2) is 21.2 Å². The van der Waals surface area contributed by atoms with Crippen LogP contribution in [0.4, 0.5) is 0 Å². The summed E-state index contributed by atoms with van der Waals surface area (Å²) >= 11 is 0.